The molecule has 1 amide bonds. The second-order valence-corrected chi connectivity index (χ2v) is 6.12. The van der Waals surface area contributed by atoms with Crippen LogP contribution in [0, 0.1) is 0 Å². The Morgan fingerprint density at radius 3 is 2.33 bits per heavy atom. The quantitative estimate of drug-likeness (QED) is 0.889. The number of amides is 1. The molecule has 1 heterocycles. The number of ether oxygens (including phenoxy) is 1. The first-order valence-corrected chi connectivity index (χ1v) is 8.54. The van der Waals surface area contributed by atoms with Crippen molar-refractivity contribution in [2.45, 2.75) is 31.5 Å². The molecule has 0 aliphatic carbocycles. The summed E-state index contributed by atoms with van der Waals surface area (Å²) in [7, 11) is 0. The maximum Gasteiger partial charge on any atom is 0.256 e. The average molecular weight is 324 g/mol. The van der Waals surface area contributed by atoms with E-state index in [4.69, 9.17) is 10.5 Å². The van der Waals surface area contributed by atoms with Crippen LogP contribution in [0.15, 0.2) is 60.7 Å². The van der Waals surface area contributed by atoms with Gasteiger partial charge in [-0.15, -0.1) is 0 Å². The van der Waals surface area contributed by atoms with Crippen LogP contribution in [0.2, 0.25) is 0 Å². The highest BCUT2D eigenvalue weighted by molar-refractivity contribution is 5.96. The van der Waals surface area contributed by atoms with Crippen LogP contribution < -0.4 is 10.6 Å². The third-order valence-corrected chi connectivity index (χ3v) is 4.45. The molecule has 2 atom stereocenters. The molecule has 1 fully saturated rings. The zero-order valence-corrected chi connectivity index (χ0v) is 13.8. The number of carbonyl (C=O) groups is 1. The fourth-order valence-corrected chi connectivity index (χ4v) is 3.09. The highest BCUT2D eigenvalue weighted by atomic mass is 16.5. The molecule has 24 heavy (non-hydrogen) atoms. The van der Waals surface area contributed by atoms with Crippen molar-refractivity contribution >= 4 is 11.6 Å². The van der Waals surface area contributed by atoms with Crippen LogP contribution in [0.4, 0.5) is 5.69 Å². The highest BCUT2D eigenvalue weighted by Gasteiger charge is 2.33. The fraction of sp³-hybridized carbons (Fsp3) is 0.350. The van der Waals surface area contributed by atoms with Crippen molar-refractivity contribution in [1.29, 1.82) is 0 Å². The second kappa shape index (κ2) is 8.08. The number of rotatable bonds is 6. The monoisotopic (exact) mass is 324 g/mol. The van der Waals surface area contributed by atoms with Crippen LogP contribution in [-0.2, 0) is 16.0 Å². The van der Waals surface area contributed by atoms with Crippen LogP contribution in [0.3, 0.4) is 0 Å². The highest BCUT2D eigenvalue weighted by Crippen LogP contribution is 2.24. The van der Waals surface area contributed by atoms with Crippen LogP contribution in [0.1, 0.15) is 18.4 Å². The molecule has 0 unspecified atom stereocenters. The maximum absolute atomic E-state index is 13.0. The van der Waals surface area contributed by atoms with Crippen molar-refractivity contribution in [2.75, 3.05) is 18.0 Å². The lowest BCUT2D eigenvalue weighted by Gasteiger charge is -2.26. The Bertz CT molecular complexity index is 645. The van der Waals surface area contributed by atoms with Gasteiger partial charge >= 0.3 is 0 Å². The first-order valence-electron chi connectivity index (χ1n) is 8.54. The maximum atomic E-state index is 13.0. The molecular weight excluding hydrogens is 300 g/mol. The molecule has 2 N–H and O–H groups in total. The van der Waals surface area contributed by atoms with Crippen molar-refractivity contribution in [3.63, 3.8) is 0 Å². The van der Waals surface area contributed by atoms with E-state index in [0.29, 0.717) is 13.1 Å². The summed E-state index contributed by atoms with van der Waals surface area (Å²) in [5.74, 6) is 0.0353. The van der Waals surface area contributed by atoms with Crippen LogP contribution in [-0.4, -0.2) is 31.2 Å². The van der Waals surface area contributed by atoms with Gasteiger partial charge in [0.05, 0.1) is 6.10 Å². The summed E-state index contributed by atoms with van der Waals surface area (Å²) < 4.78 is 5.81. The third-order valence-electron chi connectivity index (χ3n) is 4.45. The first-order chi connectivity index (χ1) is 11.8. The summed E-state index contributed by atoms with van der Waals surface area (Å²) in [6.45, 7) is 1.11. The number of hydrogen-bond donors (Lipinski definition) is 1. The molecule has 4 heteroatoms. The molecule has 4 nitrogen and oxygen atoms in total. The lowest BCUT2D eigenvalue weighted by atomic mass is 10.1. The topological polar surface area (TPSA) is 55.6 Å². The normalized spacial score (nSPS) is 20.0. The molecule has 126 valence electrons. The fourth-order valence-electron chi connectivity index (χ4n) is 3.09. The van der Waals surface area contributed by atoms with E-state index in [1.54, 1.807) is 0 Å². The number of nitrogens with two attached hydrogens (primary N) is 1. The molecule has 1 aliphatic rings. The summed E-state index contributed by atoms with van der Waals surface area (Å²) in [6.07, 6.45) is 2.04. The molecule has 1 saturated heterocycles. The number of para-hydroxylation sites is 1. The van der Waals surface area contributed by atoms with E-state index < -0.39 is 0 Å². The Hall–Kier alpha value is -2.17. The smallest absolute Gasteiger partial charge is 0.256 e. The largest absolute Gasteiger partial charge is 0.364 e. The standard InChI is InChI=1S/C20H24N2O2/c21-15-18-11-12-19(24-18)20(23)22(17-9-5-2-6-10-17)14-13-16-7-3-1-4-8-16/h1-10,18-19H,11-15,21H2/t18-,19+/m1/s1. The van der Waals surface area contributed by atoms with E-state index in [-0.39, 0.29) is 18.1 Å². The Labute approximate surface area is 143 Å². The summed E-state index contributed by atoms with van der Waals surface area (Å²) in [4.78, 5) is 14.8. The number of hydrogen-bond acceptors (Lipinski definition) is 3. The average Bonchev–Trinajstić information content (AvgIpc) is 3.13. The van der Waals surface area contributed by atoms with Gasteiger partial charge in [0.25, 0.3) is 5.91 Å². The summed E-state index contributed by atoms with van der Waals surface area (Å²) in [6, 6.07) is 20.0. The van der Waals surface area contributed by atoms with Gasteiger partial charge < -0.3 is 15.4 Å². The summed E-state index contributed by atoms with van der Waals surface area (Å²) in [5.41, 5.74) is 7.80. The molecule has 1 aliphatic heterocycles. The van der Waals surface area contributed by atoms with E-state index in [2.05, 4.69) is 12.1 Å². The Morgan fingerprint density at radius 2 is 1.71 bits per heavy atom. The molecule has 2 aromatic carbocycles. The first kappa shape index (κ1) is 16.7. The number of benzene rings is 2. The minimum absolute atomic E-state index is 0.00527. The Balaban J connectivity index is 1.74. The number of nitrogens with zero attached hydrogens (tertiary/aromatic N) is 1. The predicted molar refractivity (Wildman–Crippen MR) is 95.9 cm³/mol. The van der Waals surface area contributed by atoms with Crippen LogP contribution in [0.5, 0.6) is 0 Å². The number of carbonyl (C=O) groups excluding carboxylic acids is 1. The third kappa shape index (κ3) is 4.02. The van der Waals surface area contributed by atoms with Gasteiger partial charge in [-0.3, -0.25) is 4.79 Å². The molecule has 0 spiro atoms. The van der Waals surface area contributed by atoms with Gasteiger partial charge in [0.15, 0.2) is 0 Å². The zero-order valence-electron chi connectivity index (χ0n) is 13.8. The van der Waals surface area contributed by atoms with E-state index in [0.717, 1.165) is 24.9 Å². The van der Waals surface area contributed by atoms with Crippen molar-refractivity contribution < 1.29 is 9.53 Å². The van der Waals surface area contributed by atoms with Crippen LogP contribution in [0.25, 0.3) is 0 Å². The van der Waals surface area contributed by atoms with Crippen molar-refractivity contribution in [1.82, 2.24) is 0 Å². The Morgan fingerprint density at radius 1 is 1.04 bits per heavy atom. The molecule has 0 aromatic heterocycles. The zero-order chi connectivity index (χ0) is 16.8. The van der Waals surface area contributed by atoms with Gasteiger partial charge in [-0.25, -0.2) is 0 Å². The lowest BCUT2D eigenvalue weighted by molar-refractivity contribution is -0.129. The SMILES string of the molecule is NC[C@H]1CC[C@@H](C(=O)N(CCc2ccccc2)c2ccccc2)O1. The van der Waals surface area contributed by atoms with Crippen LogP contribution >= 0.6 is 0 Å². The summed E-state index contributed by atoms with van der Waals surface area (Å²) >= 11 is 0. The molecule has 0 saturated carbocycles. The minimum atomic E-state index is -0.380. The van der Waals surface area contributed by atoms with Gasteiger partial charge in [0, 0.05) is 18.8 Å². The van der Waals surface area contributed by atoms with Gasteiger partial charge in [-0.05, 0) is 37.0 Å². The van der Waals surface area contributed by atoms with Gasteiger partial charge in [-0.1, -0.05) is 48.5 Å². The molecule has 0 radical (unpaired) electrons. The second-order valence-electron chi connectivity index (χ2n) is 6.12. The van der Waals surface area contributed by atoms with Gasteiger partial charge in [-0.2, -0.15) is 0 Å². The van der Waals surface area contributed by atoms with Crippen molar-refractivity contribution in [3.05, 3.63) is 66.2 Å². The molecule has 0 bridgehead atoms. The van der Waals surface area contributed by atoms with E-state index in [9.17, 15) is 4.79 Å². The van der Waals surface area contributed by atoms with E-state index in [1.165, 1.54) is 5.56 Å². The molecule has 3 rings (SSSR count). The minimum Gasteiger partial charge on any atom is -0.364 e. The predicted octanol–water partition coefficient (Wildman–Crippen LogP) is 2.77. The van der Waals surface area contributed by atoms with E-state index in [1.807, 2.05) is 53.4 Å². The lowest BCUT2D eigenvalue weighted by Crippen LogP contribution is -2.41. The van der Waals surface area contributed by atoms with Gasteiger partial charge in [0.1, 0.15) is 6.10 Å². The molecule has 2 aromatic rings. The van der Waals surface area contributed by atoms with Gasteiger partial charge in [0.2, 0.25) is 0 Å². The van der Waals surface area contributed by atoms with Crippen molar-refractivity contribution in [2.24, 2.45) is 5.73 Å². The van der Waals surface area contributed by atoms with E-state index >= 15 is 0 Å². The Kier molecular flexibility index (Phi) is 5.62. The molecular formula is C20H24N2O2. The summed E-state index contributed by atoms with van der Waals surface area (Å²) in [5, 5.41) is 0. The number of anilines is 1. The van der Waals surface area contributed by atoms with Crippen molar-refractivity contribution in [3.8, 4) is 0 Å².